The third-order valence-electron chi connectivity index (χ3n) is 1.41. The fourth-order valence-corrected chi connectivity index (χ4v) is 1.85. The van der Waals surface area contributed by atoms with E-state index in [4.69, 9.17) is 19.3 Å². The van der Waals surface area contributed by atoms with E-state index in [1.807, 2.05) is 0 Å². The van der Waals surface area contributed by atoms with Gasteiger partial charge >= 0.3 is 0 Å². The molecule has 0 fully saturated rings. The molecule has 1 aromatic carbocycles. The van der Waals surface area contributed by atoms with E-state index >= 15 is 0 Å². The fraction of sp³-hybridized carbons (Fsp3) is 0. The summed E-state index contributed by atoms with van der Waals surface area (Å²) in [6, 6.07) is 1.78. The van der Waals surface area contributed by atoms with Gasteiger partial charge < -0.3 is 14.8 Å². The Kier molecular flexibility index (Phi) is 2.90. The Labute approximate surface area is 83.8 Å². The maximum Gasteiger partial charge on any atom is 0.298 e. The Morgan fingerprint density at radius 1 is 1.21 bits per heavy atom. The van der Waals surface area contributed by atoms with Gasteiger partial charge in [0.15, 0.2) is 11.5 Å². The van der Waals surface area contributed by atoms with Crippen LogP contribution in [0.2, 0.25) is 0 Å². The fourth-order valence-electron chi connectivity index (χ4n) is 0.818. The summed E-state index contributed by atoms with van der Waals surface area (Å²) in [5, 5.41) is 18.1. The van der Waals surface area contributed by atoms with Gasteiger partial charge in [0.05, 0.1) is 0 Å². The van der Waals surface area contributed by atoms with Crippen molar-refractivity contribution in [3.05, 3.63) is 12.1 Å². The number of hydrogen-bond acceptors (Lipinski definition) is 6. The minimum atomic E-state index is -4.62. The highest BCUT2D eigenvalue weighted by Crippen LogP contribution is 2.35. The molecular formula is C6H6O6S2. The zero-order valence-electron chi connectivity index (χ0n) is 6.58. The van der Waals surface area contributed by atoms with Gasteiger partial charge in [-0.2, -0.15) is 8.42 Å². The van der Waals surface area contributed by atoms with Gasteiger partial charge in [0.25, 0.3) is 10.1 Å². The van der Waals surface area contributed by atoms with Crippen molar-refractivity contribution in [1.29, 1.82) is 0 Å². The first-order valence-corrected chi connectivity index (χ1v) is 5.42. The largest absolute Gasteiger partial charge is 0.504 e. The highest BCUT2D eigenvalue weighted by atomic mass is 32.2. The lowest BCUT2D eigenvalue weighted by atomic mass is 10.3. The number of rotatable bonds is 2. The van der Waals surface area contributed by atoms with Crippen molar-refractivity contribution in [1.82, 2.24) is 0 Å². The van der Waals surface area contributed by atoms with Crippen molar-refractivity contribution >= 4 is 22.2 Å². The zero-order valence-corrected chi connectivity index (χ0v) is 8.21. The molecule has 1 rings (SSSR count). The molecule has 0 saturated heterocycles. The Balaban J connectivity index is 3.51. The highest BCUT2D eigenvalue weighted by molar-refractivity contribution is 7.93. The SMILES string of the molecule is O=S(=O)(O)c1cc(SO)cc(O)c1O. The van der Waals surface area contributed by atoms with E-state index in [2.05, 4.69) is 0 Å². The molecule has 0 radical (unpaired) electrons. The predicted octanol–water partition coefficient (Wildman–Crippen LogP) is 0.910. The van der Waals surface area contributed by atoms with E-state index in [1.165, 1.54) is 0 Å². The molecule has 0 bridgehead atoms. The van der Waals surface area contributed by atoms with Crippen LogP contribution in [0.5, 0.6) is 11.5 Å². The number of phenols is 2. The number of hydrogen-bond donors (Lipinski definition) is 4. The summed E-state index contributed by atoms with van der Waals surface area (Å²) in [6.45, 7) is 0. The van der Waals surface area contributed by atoms with Gasteiger partial charge in [-0.25, -0.2) is 0 Å². The Morgan fingerprint density at radius 3 is 2.21 bits per heavy atom. The van der Waals surface area contributed by atoms with E-state index in [0.717, 1.165) is 12.1 Å². The minimum absolute atomic E-state index is 0.0204. The molecule has 0 amide bonds. The summed E-state index contributed by atoms with van der Waals surface area (Å²) in [4.78, 5) is -0.873. The first-order valence-electron chi connectivity index (χ1n) is 3.21. The Bertz CT molecular complexity index is 452. The molecule has 8 heteroatoms. The smallest absolute Gasteiger partial charge is 0.298 e. The lowest BCUT2D eigenvalue weighted by Crippen LogP contribution is -1.98. The van der Waals surface area contributed by atoms with Crippen molar-refractivity contribution < 1.29 is 27.7 Å². The molecule has 0 saturated carbocycles. The van der Waals surface area contributed by atoms with Gasteiger partial charge in [-0.1, -0.05) is 0 Å². The van der Waals surface area contributed by atoms with Gasteiger partial charge in [0, 0.05) is 16.9 Å². The van der Waals surface area contributed by atoms with Crippen LogP contribution in [0.3, 0.4) is 0 Å². The van der Waals surface area contributed by atoms with E-state index < -0.39 is 26.5 Å². The minimum Gasteiger partial charge on any atom is -0.504 e. The summed E-state index contributed by atoms with van der Waals surface area (Å²) in [5.41, 5.74) is 0. The summed E-state index contributed by atoms with van der Waals surface area (Å²) < 4.78 is 38.6. The molecule has 0 unspecified atom stereocenters. The van der Waals surface area contributed by atoms with Gasteiger partial charge in [0.2, 0.25) is 0 Å². The third kappa shape index (κ3) is 2.10. The van der Waals surface area contributed by atoms with E-state index in [9.17, 15) is 8.42 Å². The van der Waals surface area contributed by atoms with Crippen LogP contribution in [0.1, 0.15) is 0 Å². The number of benzene rings is 1. The topological polar surface area (TPSA) is 115 Å². The van der Waals surface area contributed by atoms with Crippen LogP contribution < -0.4 is 0 Å². The average Bonchev–Trinajstić information content (AvgIpc) is 2.07. The zero-order chi connectivity index (χ0) is 10.9. The monoisotopic (exact) mass is 238 g/mol. The van der Waals surface area contributed by atoms with Crippen LogP contribution >= 0.6 is 12.0 Å². The molecule has 0 aliphatic heterocycles. The normalized spacial score (nSPS) is 11.6. The molecule has 4 N–H and O–H groups in total. The first kappa shape index (κ1) is 11.1. The second-order valence-corrected chi connectivity index (χ2v) is 4.40. The van der Waals surface area contributed by atoms with Crippen LogP contribution in [0.4, 0.5) is 0 Å². The molecule has 6 nitrogen and oxygen atoms in total. The summed E-state index contributed by atoms with van der Waals surface area (Å²) in [6.07, 6.45) is 0. The standard InChI is InChI=1S/C6H6O6S2/c7-4-1-3(13-9)2-5(6(4)8)14(10,11)12/h1-2,7-9H,(H,10,11,12). The summed E-state index contributed by atoms with van der Waals surface area (Å²) in [5.74, 6) is -1.69. The predicted molar refractivity (Wildman–Crippen MR) is 48.1 cm³/mol. The molecule has 0 heterocycles. The molecule has 78 valence electrons. The second-order valence-electron chi connectivity index (χ2n) is 2.36. The number of phenolic OH excluding ortho intramolecular Hbond substituents is 2. The van der Waals surface area contributed by atoms with Gasteiger partial charge in [0.1, 0.15) is 4.90 Å². The lowest BCUT2D eigenvalue weighted by molar-refractivity contribution is 0.387. The highest BCUT2D eigenvalue weighted by Gasteiger charge is 2.19. The van der Waals surface area contributed by atoms with Crippen LogP contribution in [0, 0.1) is 0 Å². The molecule has 0 atom stereocenters. The van der Waals surface area contributed by atoms with Crippen molar-refractivity contribution in [2.45, 2.75) is 9.79 Å². The second kappa shape index (κ2) is 3.65. The molecule has 14 heavy (non-hydrogen) atoms. The van der Waals surface area contributed by atoms with E-state index in [-0.39, 0.29) is 16.9 Å². The Hall–Kier alpha value is -0.960. The molecule has 0 aliphatic rings. The Morgan fingerprint density at radius 2 is 1.79 bits per heavy atom. The van der Waals surface area contributed by atoms with Gasteiger partial charge in [-0.15, -0.1) is 0 Å². The van der Waals surface area contributed by atoms with Crippen molar-refractivity contribution in [3.8, 4) is 11.5 Å². The maximum absolute atomic E-state index is 10.7. The molecule has 0 aliphatic carbocycles. The van der Waals surface area contributed by atoms with Crippen LogP contribution in [0.25, 0.3) is 0 Å². The summed E-state index contributed by atoms with van der Waals surface area (Å²) in [7, 11) is -4.62. The van der Waals surface area contributed by atoms with Crippen molar-refractivity contribution in [2.75, 3.05) is 0 Å². The quantitative estimate of drug-likeness (QED) is 0.344. The van der Waals surface area contributed by atoms with Gasteiger partial charge in [-0.05, 0) is 12.1 Å². The lowest BCUT2D eigenvalue weighted by Gasteiger charge is -2.04. The molecular weight excluding hydrogens is 232 g/mol. The van der Waals surface area contributed by atoms with Crippen molar-refractivity contribution in [2.24, 2.45) is 0 Å². The van der Waals surface area contributed by atoms with Crippen molar-refractivity contribution in [3.63, 3.8) is 0 Å². The average molecular weight is 238 g/mol. The first-order chi connectivity index (χ1) is 6.36. The third-order valence-corrected chi connectivity index (χ3v) is 2.73. The molecule has 0 spiro atoms. The summed E-state index contributed by atoms with van der Waals surface area (Å²) >= 11 is 0.175. The number of aromatic hydroxyl groups is 2. The molecule has 1 aromatic rings. The van der Waals surface area contributed by atoms with Crippen LogP contribution in [-0.4, -0.2) is 27.7 Å². The van der Waals surface area contributed by atoms with E-state index in [0.29, 0.717) is 0 Å². The van der Waals surface area contributed by atoms with Crippen LogP contribution in [0.15, 0.2) is 21.9 Å². The maximum atomic E-state index is 10.7. The molecule has 0 aromatic heterocycles. The van der Waals surface area contributed by atoms with E-state index in [1.54, 1.807) is 0 Å². The van der Waals surface area contributed by atoms with Crippen LogP contribution in [-0.2, 0) is 10.1 Å². The van der Waals surface area contributed by atoms with Gasteiger partial charge in [-0.3, -0.25) is 4.55 Å².